The third kappa shape index (κ3) is 4.00. The predicted molar refractivity (Wildman–Crippen MR) is 96.3 cm³/mol. The van der Waals surface area contributed by atoms with Gasteiger partial charge < -0.3 is 15.1 Å². The molecule has 1 N–H and O–H groups in total. The van der Waals surface area contributed by atoms with Gasteiger partial charge in [0.15, 0.2) is 0 Å². The van der Waals surface area contributed by atoms with E-state index in [2.05, 4.69) is 15.3 Å². The first-order chi connectivity index (χ1) is 12.1. The van der Waals surface area contributed by atoms with Gasteiger partial charge in [0.25, 0.3) is 5.91 Å². The van der Waals surface area contributed by atoms with Crippen LogP contribution in [0.3, 0.4) is 0 Å². The number of para-hydroxylation sites is 1. The van der Waals surface area contributed by atoms with Crippen molar-refractivity contribution in [3.05, 3.63) is 46.3 Å². The highest BCUT2D eigenvalue weighted by atomic mass is 35.5. The fourth-order valence-corrected chi connectivity index (χ4v) is 2.94. The summed E-state index contributed by atoms with van der Waals surface area (Å²) in [7, 11) is 0. The third-order valence-corrected chi connectivity index (χ3v) is 4.49. The zero-order valence-corrected chi connectivity index (χ0v) is 14.7. The Balaban J connectivity index is 1.68. The van der Waals surface area contributed by atoms with Gasteiger partial charge in [-0.2, -0.15) is 0 Å². The van der Waals surface area contributed by atoms with Crippen LogP contribution in [0.25, 0.3) is 0 Å². The highest BCUT2D eigenvalue weighted by molar-refractivity contribution is 6.39. The summed E-state index contributed by atoms with van der Waals surface area (Å²) in [6.45, 7) is 2.62. The van der Waals surface area contributed by atoms with Gasteiger partial charge in [-0.1, -0.05) is 29.3 Å². The highest BCUT2D eigenvalue weighted by Gasteiger charge is 2.18. The first kappa shape index (κ1) is 17.4. The molecule has 1 saturated heterocycles. The highest BCUT2D eigenvalue weighted by Crippen LogP contribution is 2.30. The Morgan fingerprint density at radius 1 is 1.08 bits per heavy atom. The quantitative estimate of drug-likeness (QED) is 0.824. The first-order valence-electron chi connectivity index (χ1n) is 7.60. The van der Waals surface area contributed by atoms with Gasteiger partial charge in [0.2, 0.25) is 6.41 Å². The number of carbonyl (C=O) groups is 2. The minimum Gasteiger partial charge on any atom is -0.352 e. The number of carbonyl (C=O) groups excluding carboxylic acids is 2. The molecule has 0 atom stereocenters. The lowest BCUT2D eigenvalue weighted by Gasteiger charge is -2.33. The van der Waals surface area contributed by atoms with Crippen molar-refractivity contribution in [3.63, 3.8) is 0 Å². The Labute approximate surface area is 154 Å². The first-order valence-corrected chi connectivity index (χ1v) is 8.36. The molecule has 3 rings (SSSR count). The van der Waals surface area contributed by atoms with E-state index >= 15 is 0 Å². The normalized spacial score (nSPS) is 14.3. The number of nitrogens with zero attached hydrogens (tertiary/aromatic N) is 4. The molecule has 1 aromatic carbocycles. The largest absolute Gasteiger partial charge is 0.352 e. The number of piperazine rings is 1. The number of anilines is 2. The molecule has 0 bridgehead atoms. The molecule has 1 aromatic heterocycles. The van der Waals surface area contributed by atoms with Crippen LogP contribution in [0, 0.1) is 0 Å². The number of benzene rings is 1. The molecule has 25 heavy (non-hydrogen) atoms. The second-order valence-corrected chi connectivity index (χ2v) is 6.25. The lowest BCUT2D eigenvalue weighted by atomic mass is 10.3. The van der Waals surface area contributed by atoms with E-state index < -0.39 is 5.91 Å². The van der Waals surface area contributed by atoms with E-state index in [-0.39, 0.29) is 5.69 Å². The summed E-state index contributed by atoms with van der Waals surface area (Å²) in [5, 5.41) is 3.33. The van der Waals surface area contributed by atoms with Crippen molar-refractivity contribution in [1.29, 1.82) is 0 Å². The summed E-state index contributed by atoms with van der Waals surface area (Å²) >= 11 is 12.1. The van der Waals surface area contributed by atoms with Gasteiger partial charge in [-0.05, 0) is 12.1 Å². The van der Waals surface area contributed by atoms with Crippen LogP contribution in [-0.4, -0.2) is 53.4 Å². The van der Waals surface area contributed by atoms with Crippen molar-refractivity contribution >= 4 is 47.0 Å². The van der Waals surface area contributed by atoms with E-state index in [1.165, 1.54) is 6.20 Å². The molecule has 2 amide bonds. The third-order valence-electron chi connectivity index (χ3n) is 3.86. The summed E-state index contributed by atoms with van der Waals surface area (Å²) < 4.78 is 0. The molecule has 0 saturated carbocycles. The zero-order chi connectivity index (χ0) is 17.8. The number of halogens is 2. The van der Waals surface area contributed by atoms with E-state index in [0.29, 0.717) is 47.7 Å². The average Bonchev–Trinajstić information content (AvgIpc) is 2.65. The van der Waals surface area contributed by atoms with E-state index in [1.807, 2.05) is 4.90 Å². The van der Waals surface area contributed by atoms with E-state index in [1.54, 1.807) is 29.3 Å². The molecule has 1 aliphatic heterocycles. The summed E-state index contributed by atoms with van der Waals surface area (Å²) in [5.74, 6) is 0.220. The molecule has 2 aromatic rings. The van der Waals surface area contributed by atoms with Crippen molar-refractivity contribution in [1.82, 2.24) is 14.9 Å². The Bertz CT molecular complexity index is 756. The van der Waals surface area contributed by atoms with Gasteiger partial charge in [-0.3, -0.25) is 9.59 Å². The lowest BCUT2D eigenvalue weighted by Crippen LogP contribution is -2.46. The molecular formula is C16H15Cl2N5O2. The van der Waals surface area contributed by atoms with Gasteiger partial charge in [-0.15, -0.1) is 0 Å². The molecule has 0 unspecified atom stereocenters. The number of amides is 2. The van der Waals surface area contributed by atoms with Gasteiger partial charge >= 0.3 is 0 Å². The van der Waals surface area contributed by atoms with Crippen molar-refractivity contribution in [2.45, 2.75) is 0 Å². The predicted octanol–water partition coefficient (Wildman–Crippen LogP) is 2.31. The Morgan fingerprint density at radius 3 is 2.32 bits per heavy atom. The molecule has 1 fully saturated rings. The van der Waals surface area contributed by atoms with Crippen LogP contribution >= 0.6 is 23.2 Å². The molecule has 1 aliphatic rings. The second-order valence-electron chi connectivity index (χ2n) is 5.44. The minimum absolute atomic E-state index is 0.159. The lowest BCUT2D eigenvalue weighted by molar-refractivity contribution is -0.118. The van der Waals surface area contributed by atoms with Crippen molar-refractivity contribution < 1.29 is 9.59 Å². The van der Waals surface area contributed by atoms with Crippen molar-refractivity contribution in [3.8, 4) is 0 Å². The average molecular weight is 380 g/mol. The zero-order valence-electron chi connectivity index (χ0n) is 13.2. The van der Waals surface area contributed by atoms with Crippen LogP contribution in [0.15, 0.2) is 30.6 Å². The SMILES string of the molecule is O=CN1CCN(c2cnc(C(=O)Nc3c(Cl)cccc3Cl)cn2)CC1. The molecule has 2 heterocycles. The Hall–Kier alpha value is -2.38. The number of nitrogens with one attached hydrogen (secondary N) is 1. The second kappa shape index (κ2) is 7.67. The van der Waals surface area contributed by atoms with Crippen LogP contribution < -0.4 is 10.2 Å². The van der Waals surface area contributed by atoms with Gasteiger partial charge in [0.05, 0.1) is 28.1 Å². The molecule has 9 heteroatoms. The Morgan fingerprint density at radius 2 is 1.76 bits per heavy atom. The van der Waals surface area contributed by atoms with Crippen LogP contribution in [-0.2, 0) is 4.79 Å². The van der Waals surface area contributed by atoms with Gasteiger partial charge in [0, 0.05) is 26.2 Å². The monoisotopic (exact) mass is 379 g/mol. The topological polar surface area (TPSA) is 78.4 Å². The molecule has 0 spiro atoms. The molecular weight excluding hydrogens is 365 g/mol. The number of hydrogen-bond donors (Lipinski definition) is 1. The van der Waals surface area contributed by atoms with Crippen molar-refractivity contribution in [2.24, 2.45) is 0 Å². The maximum absolute atomic E-state index is 12.3. The minimum atomic E-state index is -0.445. The number of hydrogen-bond acceptors (Lipinski definition) is 5. The van der Waals surface area contributed by atoms with Crippen LogP contribution in [0.5, 0.6) is 0 Å². The van der Waals surface area contributed by atoms with Crippen LogP contribution in [0.2, 0.25) is 10.0 Å². The summed E-state index contributed by atoms with van der Waals surface area (Å²) in [5.41, 5.74) is 0.498. The molecule has 130 valence electrons. The Kier molecular flexibility index (Phi) is 5.35. The van der Waals surface area contributed by atoms with Gasteiger partial charge in [0.1, 0.15) is 11.5 Å². The van der Waals surface area contributed by atoms with E-state index in [4.69, 9.17) is 23.2 Å². The number of rotatable bonds is 4. The van der Waals surface area contributed by atoms with Gasteiger partial charge in [-0.25, -0.2) is 9.97 Å². The fraction of sp³-hybridized carbons (Fsp3) is 0.250. The standard InChI is InChI=1S/C16H15Cl2N5O2/c17-11-2-1-3-12(18)15(11)21-16(25)13-8-20-14(9-19-13)23-6-4-22(10-24)5-7-23/h1-3,8-10H,4-7H2,(H,21,25). The summed E-state index contributed by atoms with van der Waals surface area (Å²) in [6, 6.07) is 4.97. The van der Waals surface area contributed by atoms with E-state index in [0.717, 1.165) is 6.41 Å². The van der Waals surface area contributed by atoms with Crippen LogP contribution in [0.1, 0.15) is 10.5 Å². The van der Waals surface area contributed by atoms with E-state index in [9.17, 15) is 9.59 Å². The van der Waals surface area contributed by atoms with Crippen LogP contribution in [0.4, 0.5) is 11.5 Å². The maximum Gasteiger partial charge on any atom is 0.275 e. The maximum atomic E-state index is 12.3. The summed E-state index contributed by atoms with van der Waals surface area (Å²) in [6.07, 6.45) is 3.79. The fourth-order valence-electron chi connectivity index (χ4n) is 2.45. The summed E-state index contributed by atoms with van der Waals surface area (Å²) in [4.78, 5) is 35.2. The smallest absolute Gasteiger partial charge is 0.275 e. The molecule has 7 nitrogen and oxygen atoms in total. The number of aromatic nitrogens is 2. The van der Waals surface area contributed by atoms with Crippen molar-refractivity contribution in [2.75, 3.05) is 36.4 Å². The molecule has 0 radical (unpaired) electrons. The molecule has 0 aliphatic carbocycles.